The summed E-state index contributed by atoms with van der Waals surface area (Å²) in [6.45, 7) is -2.11. The Morgan fingerprint density at radius 2 is 1.93 bits per heavy atom. The summed E-state index contributed by atoms with van der Waals surface area (Å²) in [5.41, 5.74) is -1.56. The van der Waals surface area contributed by atoms with E-state index < -0.39 is 73.5 Å². The molecule has 12 nitrogen and oxygen atoms in total. The van der Waals surface area contributed by atoms with E-state index in [0.29, 0.717) is 0 Å². The number of aliphatic hydroxyl groups excluding tert-OH is 2. The van der Waals surface area contributed by atoms with E-state index in [1.54, 1.807) is 5.32 Å². The summed E-state index contributed by atoms with van der Waals surface area (Å²) < 4.78 is 47.6. The maximum atomic E-state index is 12.0. The molecule has 30 heavy (non-hydrogen) atoms. The third-order valence-corrected chi connectivity index (χ3v) is 4.02. The lowest BCUT2D eigenvalue weighted by atomic mass is 10.1. The highest BCUT2D eigenvalue weighted by atomic mass is 19.4. The van der Waals surface area contributed by atoms with Crippen LogP contribution in [0.5, 0.6) is 0 Å². The zero-order valence-electron chi connectivity index (χ0n) is 15.2. The molecule has 15 heteroatoms. The molecule has 0 aromatic carbocycles. The Morgan fingerprint density at radius 1 is 1.27 bits per heavy atom. The molecule has 2 amide bonds. The van der Waals surface area contributed by atoms with Crippen LogP contribution in [0, 0.1) is 0 Å². The number of nitrogens with one attached hydrogen (secondary N) is 3. The lowest BCUT2D eigenvalue weighted by molar-refractivity contribution is -0.173. The van der Waals surface area contributed by atoms with Crippen molar-refractivity contribution >= 4 is 11.8 Å². The lowest BCUT2D eigenvalue weighted by Crippen LogP contribution is -2.43. The van der Waals surface area contributed by atoms with Gasteiger partial charge in [0.25, 0.3) is 5.56 Å². The van der Waals surface area contributed by atoms with Gasteiger partial charge in [-0.2, -0.15) is 13.2 Å². The summed E-state index contributed by atoms with van der Waals surface area (Å²) in [7, 11) is 0. The van der Waals surface area contributed by atoms with Gasteiger partial charge in [0.1, 0.15) is 24.9 Å². The standard InChI is InChI=1S/C15H19F3N4O8/c16-15(17,18)13(27)20-3-2-19-9(25)6-29-11-10(26)7(5-23)30-12(11)22-4-1-8(24)21-14(22)28/h1,4,7,10-12,23,26H,2-3,5-6H2,(H,19,25)(H,20,27)(H,21,24,28)/t7-,10?,11+,12-/m1/s1. The Morgan fingerprint density at radius 3 is 2.53 bits per heavy atom. The molecule has 1 aromatic rings. The minimum Gasteiger partial charge on any atom is -0.394 e. The summed E-state index contributed by atoms with van der Waals surface area (Å²) in [5, 5.41) is 23.2. The first-order chi connectivity index (χ1) is 14.0. The van der Waals surface area contributed by atoms with Gasteiger partial charge < -0.3 is 30.3 Å². The minimum absolute atomic E-state index is 0.324. The largest absolute Gasteiger partial charge is 0.471 e. The van der Waals surface area contributed by atoms with E-state index >= 15 is 0 Å². The second-order valence-electron chi connectivity index (χ2n) is 6.13. The van der Waals surface area contributed by atoms with Crippen molar-refractivity contribution in [3.8, 4) is 0 Å². The summed E-state index contributed by atoms with van der Waals surface area (Å²) in [5.74, 6) is -2.94. The molecule has 1 aliphatic heterocycles. The van der Waals surface area contributed by atoms with Gasteiger partial charge in [-0.05, 0) is 0 Å². The summed E-state index contributed by atoms with van der Waals surface area (Å²) >= 11 is 0. The summed E-state index contributed by atoms with van der Waals surface area (Å²) in [6, 6.07) is 1.02. The van der Waals surface area contributed by atoms with Crippen LogP contribution in [0.2, 0.25) is 0 Å². The highest BCUT2D eigenvalue weighted by molar-refractivity contribution is 5.81. The topological polar surface area (TPSA) is 172 Å². The van der Waals surface area contributed by atoms with E-state index in [0.717, 1.165) is 16.8 Å². The van der Waals surface area contributed by atoms with E-state index in [-0.39, 0.29) is 6.54 Å². The fraction of sp³-hybridized carbons (Fsp3) is 0.600. The van der Waals surface area contributed by atoms with Crippen LogP contribution in [0.4, 0.5) is 13.2 Å². The predicted octanol–water partition coefficient (Wildman–Crippen LogP) is -3.03. The number of ether oxygens (including phenoxy) is 2. The number of alkyl halides is 3. The van der Waals surface area contributed by atoms with Gasteiger partial charge in [-0.3, -0.25) is 23.9 Å². The van der Waals surface area contributed by atoms with Crippen LogP contribution in [0.15, 0.2) is 21.9 Å². The molecule has 5 N–H and O–H groups in total. The van der Waals surface area contributed by atoms with Crippen LogP contribution in [-0.4, -0.2) is 82.4 Å². The number of carbonyl (C=O) groups excluding carboxylic acids is 2. The van der Waals surface area contributed by atoms with Gasteiger partial charge in [0.05, 0.1) is 6.61 Å². The van der Waals surface area contributed by atoms with E-state index in [1.807, 2.05) is 4.98 Å². The molecule has 4 atom stereocenters. The van der Waals surface area contributed by atoms with Gasteiger partial charge in [0, 0.05) is 25.4 Å². The van der Waals surface area contributed by atoms with Crippen LogP contribution in [0.25, 0.3) is 0 Å². The van der Waals surface area contributed by atoms with Crippen molar-refractivity contribution in [1.82, 2.24) is 20.2 Å². The normalized spacial score (nSPS) is 23.9. The van der Waals surface area contributed by atoms with Gasteiger partial charge in [-0.25, -0.2) is 4.79 Å². The molecule has 1 aliphatic rings. The quantitative estimate of drug-likeness (QED) is 0.266. The summed E-state index contributed by atoms with van der Waals surface area (Å²) in [6.07, 6.45) is -9.10. The maximum Gasteiger partial charge on any atom is 0.471 e. The number of nitrogens with zero attached hydrogens (tertiary/aromatic N) is 1. The highest BCUT2D eigenvalue weighted by Gasteiger charge is 2.46. The molecule has 0 spiro atoms. The van der Waals surface area contributed by atoms with E-state index in [2.05, 4.69) is 5.32 Å². The van der Waals surface area contributed by atoms with Crippen LogP contribution >= 0.6 is 0 Å². The summed E-state index contributed by atoms with van der Waals surface area (Å²) in [4.78, 5) is 47.5. The first-order valence-corrected chi connectivity index (χ1v) is 8.53. The molecular weight excluding hydrogens is 421 g/mol. The predicted molar refractivity (Wildman–Crippen MR) is 90.1 cm³/mol. The molecule has 1 saturated heterocycles. The fourth-order valence-corrected chi connectivity index (χ4v) is 2.60. The van der Waals surface area contributed by atoms with Crippen LogP contribution in [0.1, 0.15) is 6.23 Å². The third kappa shape index (κ3) is 5.88. The fourth-order valence-electron chi connectivity index (χ4n) is 2.60. The monoisotopic (exact) mass is 440 g/mol. The molecule has 1 unspecified atom stereocenters. The van der Waals surface area contributed by atoms with Crippen LogP contribution < -0.4 is 21.9 Å². The average molecular weight is 440 g/mol. The van der Waals surface area contributed by atoms with Crippen molar-refractivity contribution in [1.29, 1.82) is 0 Å². The number of rotatable bonds is 8. The third-order valence-electron chi connectivity index (χ3n) is 4.02. The number of aliphatic hydroxyl groups is 2. The Balaban J connectivity index is 1.92. The highest BCUT2D eigenvalue weighted by Crippen LogP contribution is 2.30. The molecule has 0 aliphatic carbocycles. The molecule has 0 bridgehead atoms. The Bertz CT molecular complexity index is 870. The Hall–Kier alpha value is -2.75. The first-order valence-electron chi connectivity index (χ1n) is 8.53. The van der Waals surface area contributed by atoms with E-state index in [1.165, 1.54) is 0 Å². The van der Waals surface area contributed by atoms with Crippen molar-refractivity contribution in [2.24, 2.45) is 0 Å². The van der Waals surface area contributed by atoms with Crippen molar-refractivity contribution in [3.63, 3.8) is 0 Å². The van der Waals surface area contributed by atoms with Gasteiger partial charge in [-0.1, -0.05) is 0 Å². The maximum absolute atomic E-state index is 12.0. The molecule has 1 aromatic heterocycles. The number of hydrogen-bond acceptors (Lipinski definition) is 8. The number of hydrogen-bond donors (Lipinski definition) is 5. The number of H-pyrrole nitrogens is 1. The number of aromatic nitrogens is 2. The zero-order chi connectivity index (χ0) is 22.5. The van der Waals surface area contributed by atoms with Crippen molar-refractivity contribution in [2.45, 2.75) is 30.7 Å². The van der Waals surface area contributed by atoms with E-state index in [9.17, 15) is 42.6 Å². The van der Waals surface area contributed by atoms with Crippen molar-refractivity contribution < 1.29 is 42.4 Å². The second kappa shape index (κ2) is 9.84. The Labute approximate surface area is 165 Å². The van der Waals surface area contributed by atoms with Crippen molar-refractivity contribution in [3.05, 3.63) is 33.1 Å². The number of aromatic amines is 1. The molecule has 0 saturated carbocycles. The number of amides is 2. The smallest absolute Gasteiger partial charge is 0.394 e. The van der Waals surface area contributed by atoms with Crippen molar-refractivity contribution in [2.75, 3.05) is 26.3 Å². The first kappa shape index (κ1) is 23.5. The second-order valence-corrected chi connectivity index (χ2v) is 6.13. The number of carbonyl (C=O) groups is 2. The minimum atomic E-state index is -5.04. The van der Waals surface area contributed by atoms with Gasteiger partial charge in [0.15, 0.2) is 6.23 Å². The average Bonchev–Trinajstić information content (AvgIpc) is 2.98. The molecule has 168 valence electrons. The van der Waals surface area contributed by atoms with Gasteiger partial charge in [0.2, 0.25) is 5.91 Å². The van der Waals surface area contributed by atoms with Crippen LogP contribution in [0.3, 0.4) is 0 Å². The molecular formula is C15H19F3N4O8. The number of halogens is 3. The lowest BCUT2D eigenvalue weighted by Gasteiger charge is -2.22. The molecule has 2 heterocycles. The van der Waals surface area contributed by atoms with Gasteiger partial charge in [-0.15, -0.1) is 0 Å². The SMILES string of the molecule is O=C(CO[C@H]1C(O)[C@@H](CO)O[C@H]1n1ccc(=O)[nH]c1=O)NCCNC(=O)C(F)(F)F. The molecule has 1 fully saturated rings. The van der Waals surface area contributed by atoms with Gasteiger partial charge >= 0.3 is 17.8 Å². The molecule has 2 rings (SSSR count). The van der Waals surface area contributed by atoms with Crippen LogP contribution in [-0.2, 0) is 19.1 Å². The van der Waals surface area contributed by atoms with E-state index in [4.69, 9.17) is 9.47 Å². The molecule has 0 radical (unpaired) electrons. The Kier molecular flexibility index (Phi) is 7.71. The zero-order valence-corrected chi connectivity index (χ0v) is 15.2.